The van der Waals surface area contributed by atoms with Crippen LogP contribution >= 0.6 is 0 Å². The maximum absolute atomic E-state index is 11.7. The Labute approximate surface area is 123 Å². The van der Waals surface area contributed by atoms with Gasteiger partial charge in [-0.05, 0) is 13.3 Å². The van der Waals surface area contributed by atoms with Crippen LogP contribution in [0.25, 0.3) is 0 Å². The van der Waals surface area contributed by atoms with Crippen molar-refractivity contribution in [2.75, 3.05) is 26.3 Å². The highest BCUT2D eigenvalue weighted by Gasteiger charge is 2.47. The fraction of sp³-hybridized carbons (Fsp3) is 0.769. The van der Waals surface area contributed by atoms with E-state index in [9.17, 15) is 19.5 Å². The third-order valence-electron chi connectivity index (χ3n) is 3.46. The Kier molecular flexibility index (Phi) is 6.41. The van der Waals surface area contributed by atoms with Crippen LogP contribution in [0.3, 0.4) is 0 Å². The Bertz CT molecular complexity index is 401. The Morgan fingerprint density at radius 3 is 2.62 bits per heavy atom. The number of aliphatic carboxylic acids is 1. The second kappa shape index (κ2) is 7.82. The Morgan fingerprint density at radius 2 is 2.00 bits per heavy atom. The van der Waals surface area contributed by atoms with E-state index in [4.69, 9.17) is 4.74 Å². The first-order chi connectivity index (χ1) is 9.90. The number of carboxylic acids is 1. The van der Waals surface area contributed by atoms with E-state index in [0.717, 1.165) is 6.42 Å². The van der Waals surface area contributed by atoms with E-state index in [2.05, 4.69) is 16.0 Å². The molecule has 0 aromatic rings. The van der Waals surface area contributed by atoms with Crippen LogP contribution in [0.2, 0.25) is 0 Å². The average molecular weight is 301 g/mol. The number of nitrogens with one attached hydrogen (secondary N) is 3. The molecule has 120 valence electrons. The lowest BCUT2D eigenvalue weighted by Crippen LogP contribution is -2.52. The van der Waals surface area contributed by atoms with Gasteiger partial charge in [-0.3, -0.25) is 9.59 Å². The Morgan fingerprint density at radius 1 is 1.29 bits per heavy atom. The minimum Gasteiger partial charge on any atom is -0.481 e. The third-order valence-corrected chi connectivity index (χ3v) is 3.46. The first kappa shape index (κ1) is 17.2. The molecule has 1 aliphatic rings. The predicted octanol–water partition coefficient (Wildman–Crippen LogP) is -0.308. The summed E-state index contributed by atoms with van der Waals surface area (Å²) < 4.78 is 5.13. The summed E-state index contributed by atoms with van der Waals surface area (Å²) in [5.41, 5.74) is -1.13. The zero-order valence-corrected chi connectivity index (χ0v) is 12.4. The van der Waals surface area contributed by atoms with E-state index in [1.807, 2.05) is 6.92 Å². The van der Waals surface area contributed by atoms with Crippen molar-refractivity contribution in [2.24, 2.45) is 5.41 Å². The van der Waals surface area contributed by atoms with E-state index < -0.39 is 23.5 Å². The van der Waals surface area contributed by atoms with Gasteiger partial charge in [-0.15, -0.1) is 0 Å². The topological polar surface area (TPSA) is 117 Å². The summed E-state index contributed by atoms with van der Waals surface area (Å²) in [6, 6.07) is -1.09. The molecule has 1 saturated heterocycles. The van der Waals surface area contributed by atoms with Crippen molar-refractivity contribution in [3.63, 3.8) is 0 Å². The highest BCUT2D eigenvalue weighted by atomic mass is 16.5. The molecule has 0 aromatic carbocycles. The number of rotatable bonds is 7. The van der Waals surface area contributed by atoms with E-state index in [-0.39, 0.29) is 32.1 Å². The lowest BCUT2D eigenvalue weighted by atomic mass is 9.85. The minimum atomic E-state index is -1.13. The van der Waals surface area contributed by atoms with Gasteiger partial charge >= 0.3 is 12.0 Å². The summed E-state index contributed by atoms with van der Waals surface area (Å²) in [7, 11) is 0. The molecule has 2 unspecified atom stereocenters. The van der Waals surface area contributed by atoms with Gasteiger partial charge in [0, 0.05) is 19.5 Å². The molecule has 1 heterocycles. The van der Waals surface area contributed by atoms with Crippen LogP contribution in [0.5, 0.6) is 0 Å². The highest BCUT2D eigenvalue weighted by molar-refractivity contribution is 5.80. The van der Waals surface area contributed by atoms with Gasteiger partial charge in [0.25, 0.3) is 0 Å². The molecule has 1 rings (SSSR count). The van der Waals surface area contributed by atoms with Crippen molar-refractivity contribution in [1.29, 1.82) is 0 Å². The number of carbonyl (C=O) groups is 3. The predicted molar refractivity (Wildman–Crippen MR) is 74.8 cm³/mol. The van der Waals surface area contributed by atoms with Gasteiger partial charge in [-0.1, -0.05) is 6.92 Å². The molecular formula is C13H23N3O5. The maximum Gasteiger partial charge on any atom is 0.315 e. The molecule has 0 aromatic heterocycles. The average Bonchev–Trinajstić information content (AvgIpc) is 2.79. The van der Waals surface area contributed by atoms with Gasteiger partial charge < -0.3 is 25.8 Å². The summed E-state index contributed by atoms with van der Waals surface area (Å²) in [6.45, 7) is 4.51. The molecule has 8 nitrogen and oxygen atoms in total. The minimum absolute atomic E-state index is 0.0622. The zero-order chi connectivity index (χ0) is 15.9. The van der Waals surface area contributed by atoms with Crippen LogP contribution in [0.4, 0.5) is 4.79 Å². The zero-order valence-electron chi connectivity index (χ0n) is 12.4. The molecule has 3 amide bonds. The van der Waals surface area contributed by atoms with Gasteiger partial charge in [0.2, 0.25) is 5.91 Å². The van der Waals surface area contributed by atoms with Crippen LogP contribution in [-0.2, 0) is 14.3 Å². The van der Waals surface area contributed by atoms with E-state index in [0.29, 0.717) is 6.54 Å². The number of hydrogen-bond donors (Lipinski definition) is 4. The van der Waals surface area contributed by atoms with Gasteiger partial charge in [0.15, 0.2) is 0 Å². The second-order valence-corrected chi connectivity index (χ2v) is 5.29. The molecule has 1 fully saturated rings. The molecule has 0 saturated carbocycles. The van der Waals surface area contributed by atoms with Crippen LogP contribution in [0.1, 0.15) is 26.7 Å². The lowest BCUT2D eigenvalue weighted by Gasteiger charge is -2.25. The Balaban J connectivity index is 2.31. The molecule has 21 heavy (non-hydrogen) atoms. The largest absolute Gasteiger partial charge is 0.481 e. The van der Waals surface area contributed by atoms with Gasteiger partial charge in [0.05, 0.1) is 19.3 Å². The molecule has 8 heteroatoms. The van der Waals surface area contributed by atoms with E-state index in [1.165, 1.54) is 6.92 Å². The van der Waals surface area contributed by atoms with Gasteiger partial charge in [-0.2, -0.15) is 0 Å². The number of carbonyl (C=O) groups excluding carboxylic acids is 2. The molecule has 0 radical (unpaired) electrons. The van der Waals surface area contributed by atoms with E-state index in [1.54, 1.807) is 0 Å². The van der Waals surface area contributed by atoms with Crippen molar-refractivity contribution < 1.29 is 24.2 Å². The van der Waals surface area contributed by atoms with Crippen LogP contribution < -0.4 is 16.0 Å². The highest BCUT2D eigenvalue weighted by Crippen LogP contribution is 2.28. The van der Waals surface area contributed by atoms with Crippen molar-refractivity contribution >= 4 is 17.9 Å². The standard InChI is InChI=1S/C13H23N3O5/c1-3-5-14-10(17)4-6-15-12(20)16-9-7-21-8-13(9,2)11(18)19/h9H,3-8H2,1-2H3,(H,14,17)(H,18,19)(H2,15,16,20). The smallest absolute Gasteiger partial charge is 0.315 e. The molecule has 0 aliphatic carbocycles. The Hall–Kier alpha value is -1.83. The number of hydrogen-bond acceptors (Lipinski definition) is 4. The second-order valence-electron chi connectivity index (χ2n) is 5.29. The van der Waals surface area contributed by atoms with Crippen LogP contribution in [0.15, 0.2) is 0 Å². The van der Waals surface area contributed by atoms with Crippen molar-refractivity contribution in [2.45, 2.75) is 32.7 Å². The number of amides is 3. The van der Waals surface area contributed by atoms with Crippen LogP contribution in [0, 0.1) is 5.41 Å². The fourth-order valence-corrected chi connectivity index (χ4v) is 1.94. The molecule has 2 atom stereocenters. The monoisotopic (exact) mass is 301 g/mol. The summed E-state index contributed by atoms with van der Waals surface area (Å²) in [6.07, 6.45) is 1.04. The molecule has 0 bridgehead atoms. The van der Waals surface area contributed by atoms with Gasteiger partial charge in [0.1, 0.15) is 5.41 Å². The summed E-state index contributed by atoms with van der Waals surface area (Å²) in [5.74, 6) is -1.14. The van der Waals surface area contributed by atoms with E-state index >= 15 is 0 Å². The van der Waals surface area contributed by atoms with Crippen molar-refractivity contribution in [3.8, 4) is 0 Å². The van der Waals surface area contributed by atoms with Crippen molar-refractivity contribution in [1.82, 2.24) is 16.0 Å². The van der Waals surface area contributed by atoms with Crippen LogP contribution in [-0.4, -0.2) is 55.4 Å². The SMILES string of the molecule is CCCNC(=O)CCNC(=O)NC1COCC1(C)C(=O)O. The summed E-state index contributed by atoms with van der Waals surface area (Å²) in [4.78, 5) is 34.3. The van der Waals surface area contributed by atoms with Gasteiger partial charge in [-0.25, -0.2) is 4.79 Å². The quantitative estimate of drug-likeness (QED) is 0.515. The molecular weight excluding hydrogens is 278 g/mol. The molecule has 4 N–H and O–H groups in total. The molecule has 0 spiro atoms. The number of urea groups is 1. The maximum atomic E-state index is 11.7. The summed E-state index contributed by atoms with van der Waals surface area (Å²) in [5, 5.41) is 17.0. The first-order valence-corrected chi connectivity index (χ1v) is 7.02. The third kappa shape index (κ3) is 4.89. The lowest BCUT2D eigenvalue weighted by molar-refractivity contribution is -0.148. The summed E-state index contributed by atoms with van der Waals surface area (Å²) >= 11 is 0. The van der Waals surface area contributed by atoms with Crippen molar-refractivity contribution in [3.05, 3.63) is 0 Å². The normalized spacial score (nSPS) is 24.4. The number of carboxylic acid groups (broad SMARTS) is 1. The first-order valence-electron chi connectivity index (χ1n) is 7.02. The number of ether oxygens (including phenoxy) is 1. The fourth-order valence-electron chi connectivity index (χ4n) is 1.94. The molecule has 1 aliphatic heterocycles.